The molecular weight excluding hydrogens is 412 g/mol. The minimum absolute atomic E-state index is 0.0984. The highest BCUT2D eigenvalue weighted by atomic mass is 32.2. The molecule has 0 saturated carbocycles. The first-order valence-electron chi connectivity index (χ1n) is 9.74. The van der Waals surface area contributed by atoms with Crippen LogP contribution in [0.15, 0.2) is 65.6 Å². The Morgan fingerprint density at radius 2 is 1.73 bits per heavy atom. The molecule has 4 rings (SSSR count). The Kier molecular flexibility index (Phi) is 5.79. The molecule has 0 bridgehead atoms. The van der Waals surface area contributed by atoms with E-state index in [1.165, 1.54) is 11.8 Å². The number of benzene rings is 2. The summed E-state index contributed by atoms with van der Waals surface area (Å²) in [5.74, 6) is 0.675. The van der Waals surface area contributed by atoms with Gasteiger partial charge in [0.15, 0.2) is 4.32 Å². The summed E-state index contributed by atoms with van der Waals surface area (Å²) in [6.07, 6.45) is 1.94. The Morgan fingerprint density at radius 1 is 1.03 bits per heavy atom. The van der Waals surface area contributed by atoms with Crippen LogP contribution < -0.4 is 9.64 Å². The first kappa shape index (κ1) is 20.4. The number of hydrogen-bond donors (Lipinski definition) is 0. The molecule has 1 aromatic heterocycles. The van der Waals surface area contributed by atoms with Gasteiger partial charge in [-0.3, -0.25) is 9.69 Å². The molecule has 1 fully saturated rings. The first-order chi connectivity index (χ1) is 14.5. The second-order valence-electron chi connectivity index (χ2n) is 6.94. The number of aryl methyl sites for hydroxylation is 1. The molecule has 0 N–H and O–H groups in total. The maximum atomic E-state index is 13.1. The summed E-state index contributed by atoms with van der Waals surface area (Å²) in [6, 6.07) is 19.7. The van der Waals surface area contributed by atoms with E-state index in [-0.39, 0.29) is 5.91 Å². The SMILES string of the molecule is CCOc1ccc(N2C(=O)/C(=C\c3cc(C)n(-c4ccccc4)c3C)SC2=S)cc1. The van der Waals surface area contributed by atoms with Crippen LogP contribution >= 0.6 is 24.0 Å². The van der Waals surface area contributed by atoms with E-state index in [0.29, 0.717) is 15.8 Å². The molecule has 2 aromatic carbocycles. The Labute approximate surface area is 186 Å². The third-order valence-corrected chi connectivity index (χ3v) is 6.27. The van der Waals surface area contributed by atoms with E-state index >= 15 is 0 Å². The number of rotatable bonds is 5. The summed E-state index contributed by atoms with van der Waals surface area (Å²) in [4.78, 5) is 15.3. The van der Waals surface area contributed by atoms with Crippen molar-refractivity contribution >= 4 is 46.0 Å². The molecule has 0 aliphatic carbocycles. The Hall–Kier alpha value is -2.83. The minimum atomic E-state index is -0.0984. The molecule has 4 nitrogen and oxygen atoms in total. The predicted molar refractivity (Wildman–Crippen MR) is 129 cm³/mol. The van der Waals surface area contributed by atoms with E-state index in [4.69, 9.17) is 17.0 Å². The maximum Gasteiger partial charge on any atom is 0.270 e. The summed E-state index contributed by atoms with van der Waals surface area (Å²) >= 11 is 6.84. The standard InChI is InChI=1S/C24H22N2O2S2/c1-4-28-21-12-10-20(11-13-21)26-23(27)22(30-24(26)29)15-18-14-16(2)25(17(18)3)19-8-6-5-7-9-19/h5-15H,4H2,1-3H3/b22-15+. The molecule has 1 amide bonds. The van der Waals surface area contributed by atoms with Crippen LogP contribution in [-0.2, 0) is 4.79 Å². The van der Waals surface area contributed by atoms with Gasteiger partial charge in [0.25, 0.3) is 5.91 Å². The van der Waals surface area contributed by atoms with Gasteiger partial charge in [-0.05, 0) is 74.9 Å². The van der Waals surface area contributed by atoms with E-state index < -0.39 is 0 Å². The lowest BCUT2D eigenvalue weighted by Crippen LogP contribution is -2.27. The highest BCUT2D eigenvalue weighted by Gasteiger charge is 2.33. The summed E-state index contributed by atoms with van der Waals surface area (Å²) in [5.41, 5.74) is 5.08. The maximum absolute atomic E-state index is 13.1. The van der Waals surface area contributed by atoms with Gasteiger partial charge in [-0.1, -0.05) is 42.2 Å². The topological polar surface area (TPSA) is 34.5 Å². The van der Waals surface area contributed by atoms with Crippen molar-refractivity contribution in [1.29, 1.82) is 0 Å². The fourth-order valence-corrected chi connectivity index (χ4v) is 4.89. The summed E-state index contributed by atoms with van der Waals surface area (Å²) in [7, 11) is 0. The molecule has 30 heavy (non-hydrogen) atoms. The summed E-state index contributed by atoms with van der Waals surface area (Å²) in [5, 5.41) is 0. The van der Waals surface area contributed by atoms with Crippen molar-refractivity contribution in [3.05, 3.63) is 82.5 Å². The lowest BCUT2D eigenvalue weighted by Gasteiger charge is -2.15. The molecule has 6 heteroatoms. The summed E-state index contributed by atoms with van der Waals surface area (Å²) < 4.78 is 8.21. The largest absolute Gasteiger partial charge is 0.494 e. The van der Waals surface area contributed by atoms with Crippen molar-refractivity contribution in [2.45, 2.75) is 20.8 Å². The van der Waals surface area contributed by atoms with Crippen molar-refractivity contribution in [2.24, 2.45) is 0 Å². The number of hydrogen-bond acceptors (Lipinski definition) is 4. The number of nitrogens with zero attached hydrogens (tertiary/aromatic N) is 2. The molecule has 0 unspecified atom stereocenters. The number of carbonyl (C=O) groups is 1. The van der Waals surface area contributed by atoms with Crippen LogP contribution in [0.1, 0.15) is 23.9 Å². The number of thioether (sulfide) groups is 1. The average Bonchev–Trinajstić information content (AvgIpc) is 3.18. The predicted octanol–water partition coefficient (Wildman–Crippen LogP) is 5.90. The normalized spacial score (nSPS) is 15.3. The molecule has 0 spiro atoms. The number of aromatic nitrogens is 1. The lowest BCUT2D eigenvalue weighted by molar-refractivity contribution is -0.113. The van der Waals surface area contributed by atoms with Crippen LogP contribution in [0.3, 0.4) is 0 Å². The Bertz CT molecular complexity index is 1130. The molecule has 0 radical (unpaired) electrons. The quantitative estimate of drug-likeness (QED) is 0.370. The van der Waals surface area contributed by atoms with E-state index in [1.54, 1.807) is 4.90 Å². The van der Waals surface area contributed by atoms with Crippen LogP contribution in [0, 0.1) is 13.8 Å². The monoisotopic (exact) mass is 434 g/mol. The van der Waals surface area contributed by atoms with Crippen LogP contribution in [0.5, 0.6) is 5.75 Å². The second-order valence-corrected chi connectivity index (χ2v) is 8.62. The molecule has 1 saturated heterocycles. The second kappa shape index (κ2) is 8.50. The fraction of sp³-hybridized carbons (Fsp3) is 0.167. The van der Waals surface area contributed by atoms with Crippen molar-refractivity contribution in [2.75, 3.05) is 11.5 Å². The van der Waals surface area contributed by atoms with Crippen LogP contribution in [0.25, 0.3) is 11.8 Å². The minimum Gasteiger partial charge on any atom is -0.494 e. The van der Waals surface area contributed by atoms with E-state index in [9.17, 15) is 4.79 Å². The molecule has 0 atom stereocenters. The zero-order chi connectivity index (χ0) is 21.3. The van der Waals surface area contributed by atoms with Gasteiger partial charge in [-0.15, -0.1) is 0 Å². The number of thiocarbonyl (C=S) groups is 1. The smallest absolute Gasteiger partial charge is 0.270 e. The molecule has 152 valence electrons. The van der Waals surface area contributed by atoms with Gasteiger partial charge >= 0.3 is 0 Å². The number of ether oxygens (including phenoxy) is 1. The van der Waals surface area contributed by atoms with Crippen molar-refractivity contribution < 1.29 is 9.53 Å². The van der Waals surface area contributed by atoms with Gasteiger partial charge in [-0.2, -0.15) is 0 Å². The molecule has 1 aliphatic rings. The van der Waals surface area contributed by atoms with Crippen molar-refractivity contribution in [3.63, 3.8) is 0 Å². The highest BCUT2D eigenvalue weighted by Crippen LogP contribution is 2.37. The van der Waals surface area contributed by atoms with Gasteiger partial charge in [0, 0.05) is 17.1 Å². The molecular formula is C24H22N2O2S2. The van der Waals surface area contributed by atoms with Crippen LogP contribution in [0.2, 0.25) is 0 Å². The van der Waals surface area contributed by atoms with Crippen molar-refractivity contribution in [3.8, 4) is 11.4 Å². The molecule has 2 heterocycles. The average molecular weight is 435 g/mol. The number of carbonyl (C=O) groups excluding carboxylic acids is 1. The van der Waals surface area contributed by atoms with E-state index in [0.717, 1.165) is 34.1 Å². The third kappa shape index (κ3) is 3.80. The van der Waals surface area contributed by atoms with E-state index in [2.05, 4.69) is 36.6 Å². The zero-order valence-corrected chi connectivity index (χ0v) is 18.7. The number of anilines is 1. The first-order valence-corrected chi connectivity index (χ1v) is 11.0. The lowest BCUT2D eigenvalue weighted by atomic mass is 10.2. The number of para-hydroxylation sites is 1. The number of amides is 1. The van der Waals surface area contributed by atoms with E-state index in [1.807, 2.05) is 55.5 Å². The Balaban J connectivity index is 1.64. The zero-order valence-electron chi connectivity index (χ0n) is 17.1. The van der Waals surface area contributed by atoms with Gasteiger partial charge in [0.2, 0.25) is 0 Å². The third-order valence-electron chi connectivity index (χ3n) is 4.97. The van der Waals surface area contributed by atoms with Gasteiger partial charge in [-0.25, -0.2) is 0 Å². The fourth-order valence-electron chi connectivity index (χ4n) is 3.60. The van der Waals surface area contributed by atoms with Gasteiger partial charge in [0.05, 0.1) is 17.2 Å². The highest BCUT2D eigenvalue weighted by molar-refractivity contribution is 8.27. The van der Waals surface area contributed by atoms with Crippen molar-refractivity contribution in [1.82, 2.24) is 4.57 Å². The summed E-state index contributed by atoms with van der Waals surface area (Å²) in [6.45, 7) is 6.68. The van der Waals surface area contributed by atoms with Crippen LogP contribution in [0.4, 0.5) is 5.69 Å². The molecule has 1 aliphatic heterocycles. The van der Waals surface area contributed by atoms with Crippen LogP contribution in [-0.4, -0.2) is 21.4 Å². The molecule has 3 aromatic rings. The Morgan fingerprint density at radius 3 is 2.40 bits per heavy atom. The van der Waals surface area contributed by atoms with Gasteiger partial charge in [0.1, 0.15) is 5.75 Å². The van der Waals surface area contributed by atoms with Gasteiger partial charge < -0.3 is 9.30 Å².